The third-order valence-corrected chi connectivity index (χ3v) is 2.06. The third-order valence-electron chi connectivity index (χ3n) is 2.06. The molecule has 98 valence electrons. The normalized spacial score (nSPS) is 15.2. The second-order valence-corrected chi connectivity index (χ2v) is 3.26. The molecule has 2 N–H and O–H groups in total. The summed E-state index contributed by atoms with van der Waals surface area (Å²) in [5, 5.41) is 5.79. The standard InChI is InChI=1S/C8H9F3N4.2ClH/c9-8(10,11)6-1-2-13-7(15-6)14-5-3-12-4-5;;/h1-2,5,12H,3-4H2,(H,13,14,15);2*1H. The lowest BCUT2D eigenvalue weighted by Crippen LogP contribution is -2.51. The first-order valence-electron chi connectivity index (χ1n) is 4.43. The van der Waals surface area contributed by atoms with Crippen molar-refractivity contribution in [1.82, 2.24) is 15.3 Å². The van der Waals surface area contributed by atoms with E-state index in [0.717, 1.165) is 25.4 Å². The number of aromatic nitrogens is 2. The van der Waals surface area contributed by atoms with Crippen LogP contribution in [0.3, 0.4) is 0 Å². The SMILES string of the molecule is Cl.Cl.FC(F)(F)c1ccnc(NC2CNC2)n1. The Morgan fingerprint density at radius 3 is 2.41 bits per heavy atom. The molecule has 4 nitrogen and oxygen atoms in total. The number of rotatable bonds is 2. The Bertz CT molecular complexity index is 357. The van der Waals surface area contributed by atoms with Crippen molar-refractivity contribution in [1.29, 1.82) is 0 Å². The van der Waals surface area contributed by atoms with E-state index in [2.05, 4.69) is 20.6 Å². The topological polar surface area (TPSA) is 49.8 Å². The van der Waals surface area contributed by atoms with Crippen LogP contribution in [0.5, 0.6) is 0 Å². The Hall–Kier alpha value is -0.790. The first-order chi connectivity index (χ1) is 7.05. The molecular formula is C8H11Cl2F3N4. The molecule has 0 bridgehead atoms. The molecule has 1 aromatic rings. The fourth-order valence-corrected chi connectivity index (χ4v) is 1.16. The molecule has 2 heterocycles. The molecule has 1 aliphatic heterocycles. The molecule has 0 aromatic carbocycles. The molecule has 0 radical (unpaired) electrons. The van der Waals surface area contributed by atoms with Crippen molar-refractivity contribution in [2.75, 3.05) is 18.4 Å². The summed E-state index contributed by atoms with van der Waals surface area (Å²) in [7, 11) is 0. The zero-order valence-electron chi connectivity index (χ0n) is 8.49. The van der Waals surface area contributed by atoms with Gasteiger partial charge in [-0.3, -0.25) is 0 Å². The zero-order chi connectivity index (χ0) is 10.9. The fraction of sp³-hybridized carbons (Fsp3) is 0.500. The predicted molar refractivity (Wildman–Crippen MR) is 61.8 cm³/mol. The summed E-state index contributed by atoms with van der Waals surface area (Å²) in [6, 6.07) is 0.970. The van der Waals surface area contributed by atoms with Crippen LogP contribution in [0.25, 0.3) is 0 Å². The summed E-state index contributed by atoms with van der Waals surface area (Å²) in [4.78, 5) is 7.12. The molecule has 1 aliphatic rings. The average molecular weight is 291 g/mol. The number of nitrogens with one attached hydrogen (secondary N) is 2. The minimum absolute atomic E-state index is 0. The van der Waals surface area contributed by atoms with Crippen LogP contribution in [0.4, 0.5) is 19.1 Å². The van der Waals surface area contributed by atoms with Gasteiger partial charge in [0.05, 0.1) is 6.04 Å². The van der Waals surface area contributed by atoms with Gasteiger partial charge in [0.25, 0.3) is 0 Å². The van der Waals surface area contributed by atoms with Crippen LogP contribution in [0.15, 0.2) is 12.3 Å². The second-order valence-electron chi connectivity index (χ2n) is 3.26. The number of hydrogen-bond acceptors (Lipinski definition) is 4. The smallest absolute Gasteiger partial charge is 0.349 e. The maximum atomic E-state index is 12.3. The lowest BCUT2D eigenvalue weighted by atomic mass is 10.2. The van der Waals surface area contributed by atoms with Crippen molar-refractivity contribution in [2.24, 2.45) is 0 Å². The molecule has 17 heavy (non-hydrogen) atoms. The number of halogens is 5. The monoisotopic (exact) mass is 290 g/mol. The molecule has 0 saturated carbocycles. The van der Waals surface area contributed by atoms with Crippen LogP contribution in [0.1, 0.15) is 5.69 Å². The Balaban J connectivity index is 0.00000128. The molecule has 1 fully saturated rings. The number of nitrogens with zero attached hydrogens (tertiary/aromatic N) is 2. The largest absolute Gasteiger partial charge is 0.433 e. The molecule has 9 heteroatoms. The van der Waals surface area contributed by atoms with Crippen LogP contribution < -0.4 is 10.6 Å². The third kappa shape index (κ3) is 4.18. The summed E-state index contributed by atoms with van der Waals surface area (Å²) in [5.41, 5.74) is -0.924. The van der Waals surface area contributed by atoms with E-state index in [0.29, 0.717) is 0 Å². The quantitative estimate of drug-likeness (QED) is 0.871. The van der Waals surface area contributed by atoms with Crippen molar-refractivity contribution in [2.45, 2.75) is 12.2 Å². The van der Waals surface area contributed by atoms with E-state index >= 15 is 0 Å². The van der Waals surface area contributed by atoms with Crippen molar-refractivity contribution >= 4 is 30.8 Å². The summed E-state index contributed by atoms with van der Waals surface area (Å²) >= 11 is 0. The number of alkyl halides is 3. The molecule has 1 saturated heterocycles. The van der Waals surface area contributed by atoms with E-state index in [4.69, 9.17) is 0 Å². The van der Waals surface area contributed by atoms with Crippen molar-refractivity contribution < 1.29 is 13.2 Å². The van der Waals surface area contributed by atoms with E-state index < -0.39 is 11.9 Å². The second kappa shape index (κ2) is 6.23. The Kier molecular flexibility index (Phi) is 5.94. The van der Waals surface area contributed by atoms with E-state index in [1.807, 2.05) is 0 Å². The van der Waals surface area contributed by atoms with Crippen LogP contribution in [-0.4, -0.2) is 29.1 Å². The first kappa shape index (κ1) is 16.2. The van der Waals surface area contributed by atoms with Gasteiger partial charge in [-0.2, -0.15) is 13.2 Å². The summed E-state index contributed by atoms with van der Waals surface area (Å²) in [5.74, 6) is 0.0244. The Labute approximate surface area is 108 Å². The molecule has 0 unspecified atom stereocenters. The predicted octanol–water partition coefficient (Wildman–Crippen LogP) is 1.72. The Morgan fingerprint density at radius 2 is 1.94 bits per heavy atom. The summed E-state index contributed by atoms with van der Waals surface area (Å²) < 4.78 is 36.8. The van der Waals surface area contributed by atoms with E-state index in [1.54, 1.807) is 0 Å². The number of hydrogen-bond donors (Lipinski definition) is 2. The van der Waals surface area contributed by atoms with Gasteiger partial charge in [0.2, 0.25) is 5.95 Å². The van der Waals surface area contributed by atoms with Gasteiger partial charge in [0, 0.05) is 19.3 Å². The molecular weight excluding hydrogens is 280 g/mol. The summed E-state index contributed by atoms with van der Waals surface area (Å²) in [6.07, 6.45) is -3.32. The highest BCUT2D eigenvalue weighted by Gasteiger charge is 2.33. The minimum Gasteiger partial charge on any atom is -0.349 e. The van der Waals surface area contributed by atoms with Crippen molar-refractivity contribution in [3.05, 3.63) is 18.0 Å². The van der Waals surface area contributed by atoms with E-state index in [-0.39, 0.29) is 36.8 Å². The van der Waals surface area contributed by atoms with Gasteiger partial charge in [0.1, 0.15) is 5.69 Å². The van der Waals surface area contributed by atoms with Gasteiger partial charge in [-0.1, -0.05) is 0 Å². The lowest BCUT2D eigenvalue weighted by Gasteiger charge is -2.27. The van der Waals surface area contributed by atoms with E-state index in [9.17, 15) is 13.2 Å². The van der Waals surface area contributed by atoms with Crippen molar-refractivity contribution in [3.8, 4) is 0 Å². The molecule has 1 aromatic heterocycles. The Morgan fingerprint density at radius 1 is 1.29 bits per heavy atom. The van der Waals surface area contributed by atoms with Crippen LogP contribution in [0, 0.1) is 0 Å². The highest BCUT2D eigenvalue weighted by molar-refractivity contribution is 5.85. The van der Waals surface area contributed by atoms with Crippen LogP contribution in [0.2, 0.25) is 0 Å². The average Bonchev–Trinajstić information content (AvgIpc) is 2.11. The van der Waals surface area contributed by atoms with Gasteiger partial charge in [-0.15, -0.1) is 24.8 Å². The molecule has 0 amide bonds. The first-order valence-corrected chi connectivity index (χ1v) is 4.43. The summed E-state index contributed by atoms with van der Waals surface area (Å²) in [6.45, 7) is 1.44. The highest BCUT2D eigenvalue weighted by Crippen LogP contribution is 2.27. The minimum atomic E-state index is -4.42. The molecule has 0 spiro atoms. The van der Waals surface area contributed by atoms with Gasteiger partial charge in [0.15, 0.2) is 0 Å². The van der Waals surface area contributed by atoms with Crippen molar-refractivity contribution in [3.63, 3.8) is 0 Å². The maximum absolute atomic E-state index is 12.3. The maximum Gasteiger partial charge on any atom is 0.433 e. The molecule has 0 aliphatic carbocycles. The molecule has 0 atom stereocenters. The molecule has 2 rings (SSSR count). The van der Waals surface area contributed by atoms with Gasteiger partial charge in [-0.25, -0.2) is 9.97 Å². The zero-order valence-corrected chi connectivity index (χ0v) is 10.1. The van der Waals surface area contributed by atoms with Gasteiger partial charge < -0.3 is 10.6 Å². The van der Waals surface area contributed by atoms with E-state index in [1.165, 1.54) is 0 Å². The lowest BCUT2D eigenvalue weighted by molar-refractivity contribution is -0.141. The fourth-order valence-electron chi connectivity index (χ4n) is 1.16. The highest BCUT2D eigenvalue weighted by atomic mass is 35.5. The van der Waals surface area contributed by atoms with Crippen LogP contribution in [-0.2, 0) is 6.18 Å². The number of anilines is 1. The van der Waals surface area contributed by atoms with Gasteiger partial charge in [-0.05, 0) is 6.07 Å². The van der Waals surface area contributed by atoms with Gasteiger partial charge >= 0.3 is 6.18 Å². The van der Waals surface area contributed by atoms with Crippen LogP contribution >= 0.6 is 24.8 Å².